The molecule has 0 unspecified atom stereocenters. The highest BCUT2D eigenvalue weighted by Crippen LogP contribution is 2.21. The average Bonchev–Trinajstić information content (AvgIpc) is 2.88. The van der Waals surface area contributed by atoms with Crippen molar-refractivity contribution in [1.29, 1.82) is 0 Å². The second kappa shape index (κ2) is 7.72. The van der Waals surface area contributed by atoms with Crippen molar-refractivity contribution in [3.8, 4) is 0 Å². The van der Waals surface area contributed by atoms with E-state index in [0.29, 0.717) is 12.4 Å². The number of hydrogen-bond acceptors (Lipinski definition) is 6. The number of nitrogens with two attached hydrogens (primary N) is 2. The molecule has 2 aromatic carbocycles. The predicted molar refractivity (Wildman–Crippen MR) is 103 cm³/mol. The Kier molecular flexibility index (Phi) is 5.20. The molecule has 0 fully saturated rings. The van der Waals surface area contributed by atoms with Crippen LogP contribution < -0.4 is 16.8 Å². The highest BCUT2D eigenvalue weighted by atomic mass is 15.2. The molecule has 0 aromatic heterocycles. The molecule has 0 saturated carbocycles. The fraction of sp³-hybridized carbons (Fsp3) is 0.211. The largest absolute Gasteiger partial charge is 0.399 e. The van der Waals surface area contributed by atoms with Crippen molar-refractivity contribution >= 4 is 22.9 Å². The number of benzene rings is 2. The van der Waals surface area contributed by atoms with Crippen molar-refractivity contribution in [2.75, 3.05) is 24.6 Å². The van der Waals surface area contributed by atoms with Crippen molar-refractivity contribution < 1.29 is 0 Å². The Morgan fingerprint density at radius 1 is 1.00 bits per heavy atom. The number of rotatable bonds is 5. The van der Waals surface area contributed by atoms with Crippen LogP contribution in [0.25, 0.3) is 5.70 Å². The standard InChI is InChI=1S/C19H22N6/c1-2-22-12-15-11-14(5-8-17(15)21)19-23-10-9-18(24-25-19)13-3-6-16(20)7-4-13/h3-9,11,22H,2,10,12,20-21H2,1H3. The van der Waals surface area contributed by atoms with E-state index in [4.69, 9.17) is 11.5 Å². The van der Waals surface area contributed by atoms with Crippen molar-refractivity contribution in [3.05, 3.63) is 65.2 Å². The lowest BCUT2D eigenvalue weighted by atomic mass is 10.1. The molecule has 0 saturated heterocycles. The van der Waals surface area contributed by atoms with Crippen LogP contribution >= 0.6 is 0 Å². The van der Waals surface area contributed by atoms with Gasteiger partial charge < -0.3 is 16.8 Å². The van der Waals surface area contributed by atoms with E-state index in [1.807, 2.05) is 48.5 Å². The van der Waals surface area contributed by atoms with Gasteiger partial charge in [0.05, 0.1) is 12.2 Å². The molecule has 0 spiro atoms. The van der Waals surface area contributed by atoms with Gasteiger partial charge in [0.15, 0.2) is 5.84 Å². The number of aliphatic imine (C=N–C) groups is 1. The monoisotopic (exact) mass is 334 g/mol. The number of nitrogen functional groups attached to an aromatic ring is 2. The molecule has 6 heteroatoms. The zero-order valence-electron chi connectivity index (χ0n) is 14.2. The summed E-state index contributed by atoms with van der Waals surface area (Å²) in [6.45, 7) is 4.19. The highest BCUT2D eigenvalue weighted by Gasteiger charge is 2.10. The van der Waals surface area contributed by atoms with Gasteiger partial charge in [-0.25, -0.2) is 0 Å². The summed E-state index contributed by atoms with van der Waals surface area (Å²) in [5.41, 5.74) is 17.0. The van der Waals surface area contributed by atoms with E-state index in [2.05, 4.69) is 27.5 Å². The van der Waals surface area contributed by atoms with Crippen LogP contribution in [0.15, 0.2) is 63.8 Å². The Hall–Kier alpha value is -2.99. The predicted octanol–water partition coefficient (Wildman–Crippen LogP) is 3.21. The summed E-state index contributed by atoms with van der Waals surface area (Å²) in [6.07, 6.45) is 1.96. The van der Waals surface area contributed by atoms with Crippen LogP contribution in [0.5, 0.6) is 0 Å². The minimum Gasteiger partial charge on any atom is -0.399 e. The van der Waals surface area contributed by atoms with Gasteiger partial charge in [-0.2, -0.15) is 0 Å². The van der Waals surface area contributed by atoms with E-state index in [0.717, 1.165) is 46.9 Å². The maximum Gasteiger partial charge on any atom is 0.177 e. The fourth-order valence-electron chi connectivity index (χ4n) is 2.53. The van der Waals surface area contributed by atoms with Gasteiger partial charge in [-0.1, -0.05) is 19.1 Å². The van der Waals surface area contributed by atoms with Crippen LogP contribution in [-0.4, -0.2) is 18.9 Å². The number of azo groups is 1. The molecule has 2 aromatic rings. The molecule has 3 rings (SSSR count). The van der Waals surface area contributed by atoms with Crippen molar-refractivity contribution in [2.45, 2.75) is 13.5 Å². The summed E-state index contributed by atoms with van der Waals surface area (Å²) < 4.78 is 0. The number of nitrogens with zero attached hydrogens (tertiary/aromatic N) is 3. The SMILES string of the molecule is CCNCc1cc(C2=NCC=C(c3ccc(N)cc3)N=N2)ccc1N. The Morgan fingerprint density at radius 3 is 2.52 bits per heavy atom. The number of nitrogens with one attached hydrogen (secondary N) is 1. The molecule has 0 radical (unpaired) electrons. The van der Waals surface area contributed by atoms with E-state index in [9.17, 15) is 0 Å². The summed E-state index contributed by atoms with van der Waals surface area (Å²) in [5, 5.41) is 12.0. The van der Waals surface area contributed by atoms with Crippen LogP contribution in [0.1, 0.15) is 23.6 Å². The van der Waals surface area contributed by atoms with Crippen molar-refractivity contribution in [1.82, 2.24) is 5.32 Å². The second-order valence-corrected chi connectivity index (χ2v) is 5.77. The number of anilines is 2. The molecule has 25 heavy (non-hydrogen) atoms. The maximum atomic E-state index is 6.05. The van der Waals surface area contributed by atoms with E-state index in [-0.39, 0.29) is 0 Å². The first-order valence-corrected chi connectivity index (χ1v) is 8.29. The first-order valence-electron chi connectivity index (χ1n) is 8.29. The van der Waals surface area contributed by atoms with Crippen molar-refractivity contribution in [2.24, 2.45) is 15.2 Å². The zero-order valence-corrected chi connectivity index (χ0v) is 14.2. The number of amidine groups is 1. The van der Waals surface area contributed by atoms with E-state index < -0.39 is 0 Å². The molecule has 0 bridgehead atoms. The maximum absolute atomic E-state index is 6.05. The molecule has 0 atom stereocenters. The Labute approximate surface area is 147 Å². The van der Waals surface area contributed by atoms with E-state index >= 15 is 0 Å². The summed E-state index contributed by atoms with van der Waals surface area (Å²) >= 11 is 0. The summed E-state index contributed by atoms with van der Waals surface area (Å²) in [4.78, 5) is 4.53. The molecule has 1 heterocycles. The molecule has 128 valence electrons. The van der Waals surface area contributed by atoms with E-state index in [1.54, 1.807) is 0 Å². The molecule has 5 N–H and O–H groups in total. The van der Waals surface area contributed by atoms with E-state index in [1.165, 1.54) is 0 Å². The highest BCUT2D eigenvalue weighted by molar-refractivity contribution is 6.00. The van der Waals surface area contributed by atoms with Crippen LogP contribution in [0.4, 0.5) is 11.4 Å². The number of hydrogen-bond donors (Lipinski definition) is 3. The third-order valence-corrected chi connectivity index (χ3v) is 3.95. The zero-order chi connectivity index (χ0) is 17.6. The lowest BCUT2D eigenvalue weighted by Gasteiger charge is -2.08. The molecule has 6 nitrogen and oxygen atoms in total. The minimum atomic E-state index is 0.523. The normalized spacial score (nSPS) is 14.0. The van der Waals surface area contributed by atoms with Crippen LogP contribution in [-0.2, 0) is 6.54 Å². The van der Waals surface area contributed by atoms with Crippen LogP contribution in [0, 0.1) is 0 Å². The van der Waals surface area contributed by atoms with Gasteiger partial charge in [0.1, 0.15) is 0 Å². The summed E-state index contributed by atoms with van der Waals surface area (Å²) in [5.74, 6) is 0.611. The van der Waals surface area contributed by atoms with Gasteiger partial charge in [0.2, 0.25) is 0 Å². The van der Waals surface area contributed by atoms with Gasteiger partial charge in [-0.15, -0.1) is 10.2 Å². The van der Waals surface area contributed by atoms with Gasteiger partial charge in [-0.05, 0) is 48.5 Å². The molecule has 0 amide bonds. The Bertz CT molecular complexity index is 833. The second-order valence-electron chi connectivity index (χ2n) is 5.77. The minimum absolute atomic E-state index is 0.523. The van der Waals surface area contributed by atoms with Gasteiger partial charge in [-0.3, -0.25) is 4.99 Å². The van der Waals surface area contributed by atoms with Gasteiger partial charge in [0.25, 0.3) is 0 Å². The van der Waals surface area contributed by atoms with Crippen molar-refractivity contribution in [3.63, 3.8) is 0 Å². The van der Waals surface area contributed by atoms with Gasteiger partial charge >= 0.3 is 0 Å². The molecule has 1 aliphatic rings. The van der Waals surface area contributed by atoms with Crippen LogP contribution in [0.3, 0.4) is 0 Å². The summed E-state index contributed by atoms with van der Waals surface area (Å²) in [6, 6.07) is 13.4. The molecule has 0 aliphatic carbocycles. The lowest BCUT2D eigenvalue weighted by molar-refractivity contribution is 0.728. The summed E-state index contributed by atoms with van der Waals surface area (Å²) in [7, 11) is 0. The molecular weight excluding hydrogens is 312 g/mol. The first kappa shape index (κ1) is 16.9. The molecule has 1 aliphatic heterocycles. The molecular formula is C19H22N6. The topological polar surface area (TPSA) is 101 Å². The van der Waals surface area contributed by atoms with Gasteiger partial charge in [0, 0.05) is 29.0 Å². The first-order chi connectivity index (χ1) is 12.2. The fourth-order valence-corrected chi connectivity index (χ4v) is 2.53. The van der Waals surface area contributed by atoms with Crippen LogP contribution in [0.2, 0.25) is 0 Å². The lowest BCUT2D eigenvalue weighted by Crippen LogP contribution is -2.14. The third kappa shape index (κ3) is 4.10. The average molecular weight is 334 g/mol. The Morgan fingerprint density at radius 2 is 1.76 bits per heavy atom. The quantitative estimate of drug-likeness (QED) is 0.732. The third-order valence-electron chi connectivity index (χ3n) is 3.95. The smallest absolute Gasteiger partial charge is 0.177 e. The Balaban J connectivity index is 1.82.